The van der Waals surface area contributed by atoms with Crippen LogP contribution < -0.4 is 0 Å². The van der Waals surface area contributed by atoms with Gasteiger partial charge < -0.3 is 9.84 Å². The second kappa shape index (κ2) is 6.89. The van der Waals surface area contributed by atoms with Gasteiger partial charge >= 0.3 is 5.69 Å². The van der Waals surface area contributed by atoms with Crippen LogP contribution in [0, 0.1) is 10.1 Å². The predicted molar refractivity (Wildman–Crippen MR) is 83.0 cm³/mol. The Morgan fingerprint density at radius 2 is 2.30 bits per heavy atom. The summed E-state index contributed by atoms with van der Waals surface area (Å²) in [5.74, 6) is 0. The molecule has 1 aromatic carbocycles. The van der Waals surface area contributed by atoms with Gasteiger partial charge in [0.15, 0.2) is 0 Å². The molecule has 122 valence electrons. The highest BCUT2D eigenvalue weighted by molar-refractivity contribution is 5.31. The van der Waals surface area contributed by atoms with Crippen molar-refractivity contribution >= 4 is 5.69 Å². The molecule has 0 spiro atoms. The first kappa shape index (κ1) is 15.6. The fourth-order valence-corrected chi connectivity index (χ4v) is 2.93. The van der Waals surface area contributed by atoms with E-state index in [0.717, 1.165) is 19.3 Å². The van der Waals surface area contributed by atoms with Gasteiger partial charge in [0.05, 0.1) is 30.3 Å². The molecular weight excluding hydrogens is 298 g/mol. The van der Waals surface area contributed by atoms with Gasteiger partial charge in [-0.05, 0) is 30.4 Å². The van der Waals surface area contributed by atoms with Crippen LogP contribution in [-0.2, 0) is 17.7 Å². The standard InChI is InChI=1S/C16H19N3O4/c20-14(10-18-9-13(8-17-18)19(21)22)11-23-16-7-3-5-12-4-1-2-6-15(12)16/h1-2,4,6,8-9,14,16,20H,3,5,7,10-11H2/t14-,16+/m1/s1. The number of hydrogen-bond acceptors (Lipinski definition) is 5. The third kappa shape index (κ3) is 3.75. The van der Waals surface area contributed by atoms with E-state index in [4.69, 9.17) is 4.74 Å². The van der Waals surface area contributed by atoms with Crippen LogP contribution in [0.2, 0.25) is 0 Å². The van der Waals surface area contributed by atoms with Crippen LogP contribution in [0.4, 0.5) is 5.69 Å². The van der Waals surface area contributed by atoms with Crippen LogP contribution in [0.3, 0.4) is 0 Å². The van der Waals surface area contributed by atoms with E-state index in [-0.39, 0.29) is 24.9 Å². The molecule has 1 aliphatic carbocycles. The first-order chi connectivity index (χ1) is 11.1. The highest BCUT2D eigenvalue weighted by Crippen LogP contribution is 2.32. The predicted octanol–water partition coefficient (Wildman–Crippen LogP) is 2.25. The third-order valence-corrected chi connectivity index (χ3v) is 4.03. The summed E-state index contributed by atoms with van der Waals surface area (Å²) >= 11 is 0. The number of rotatable bonds is 6. The molecule has 7 heteroatoms. The van der Waals surface area contributed by atoms with Gasteiger partial charge in [-0.2, -0.15) is 5.10 Å². The monoisotopic (exact) mass is 317 g/mol. The summed E-state index contributed by atoms with van der Waals surface area (Å²) in [6.45, 7) is 0.342. The lowest BCUT2D eigenvalue weighted by molar-refractivity contribution is -0.385. The molecule has 0 radical (unpaired) electrons. The van der Waals surface area contributed by atoms with Gasteiger partial charge in [-0.15, -0.1) is 0 Å². The Kier molecular flexibility index (Phi) is 4.68. The zero-order chi connectivity index (χ0) is 16.2. The molecule has 2 atom stereocenters. The number of benzene rings is 1. The van der Waals surface area contributed by atoms with Gasteiger partial charge in [0.1, 0.15) is 12.4 Å². The second-order valence-corrected chi connectivity index (χ2v) is 5.74. The number of aromatic nitrogens is 2. The lowest BCUT2D eigenvalue weighted by Gasteiger charge is -2.26. The zero-order valence-corrected chi connectivity index (χ0v) is 12.7. The number of nitro groups is 1. The summed E-state index contributed by atoms with van der Waals surface area (Å²) in [5.41, 5.74) is 2.42. The highest BCUT2D eigenvalue weighted by atomic mass is 16.6. The van der Waals surface area contributed by atoms with E-state index in [0.29, 0.717) is 0 Å². The van der Waals surface area contributed by atoms with Crippen LogP contribution in [-0.4, -0.2) is 32.5 Å². The molecule has 0 unspecified atom stereocenters. The van der Waals surface area contributed by atoms with Crippen molar-refractivity contribution < 1.29 is 14.8 Å². The van der Waals surface area contributed by atoms with Gasteiger partial charge in [0.2, 0.25) is 0 Å². The molecular formula is C16H19N3O4. The van der Waals surface area contributed by atoms with E-state index in [9.17, 15) is 15.2 Å². The van der Waals surface area contributed by atoms with E-state index < -0.39 is 11.0 Å². The Labute approximate surface area is 133 Å². The normalized spacial score (nSPS) is 18.4. The third-order valence-electron chi connectivity index (χ3n) is 4.03. The summed E-state index contributed by atoms with van der Waals surface area (Å²) in [5, 5.41) is 24.6. The topological polar surface area (TPSA) is 90.4 Å². The molecule has 0 saturated heterocycles. The fourth-order valence-electron chi connectivity index (χ4n) is 2.93. The summed E-state index contributed by atoms with van der Waals surface area (Å²) < 4.78 is 7.23. The minimum absolute atomic E-state index is 0.00144. The number of aliphatic hydroxyl groups excluding tert-OH is 1. The summed E-state index contributed by atoms with van der Waals surface area (Å²) in [6.07, 6.45) is 4.80. The van der Waals surface area contributed by atoms with E-state index in [1.165, 1.54) is 28.2 Å². The Balaban J connectivity index is 1.55. The van der Waals surface area contributed by atoms with Gasteiger partial charge in [-0.1, -0.05) is 24.3 Å². The summed E-state index contributed by atoms with van der Waals surface area (Å²) in [4.78, 5) is 10.1. The summed E-state index contributed by atoms with van der Waals surface area (Å²) in [7, 11) is 0. The van der Waals surface area contributed by atoms with E-state index >= 15 is 0 Å². The van der Waals surface area contributed by atoms with Gasteiger partial charge in [0.25, 0.3) is 0 Å². The second-order valence-electron chi connectivity index (χ2n) is 5.74. The lowest BCUT2D eigenvalue weighted by atomic mass is 9.89. The van der Waals surface area contributed by atoms with Crippen molar-refractivity contribution in [3.05, 3.63) is 57.9 Å². The number of fused-ring (bicyclic) bond motifs is 1. The molecule has 1 N–H and O–H groups in total. The minimum atomic E-state index is -0.761. The van der Waals surface area contributed by atoms with Crippen LogP contribution in [0.15, 0.2) is 36.7 Å². The maximum atomic E-state index is 10.6. The van der Waals surface area contributed by atoms with Gasteiger partial charge in [0, 0.05) is 0 Å². The Hall–Kier alpha value is -2.25. The molecule has 1 aliphatic rings. The Morgan fingerprint density at radius 3 is 3.09 bits per heavy atom. The van der Waals surface area contributed by atoms with Crippen molar-refractivity contribution in [3.8, 4) is 0 Å². The van der Waals surface area contributed by atoms with Crippen LogP contribution in [0.1, 0.15) is 30.1 Å². The molecule has 7 nitrogen and oxygen atoms in total. The molecule has 23 heavy (non-hydrogen) atoms. The van der Waals surface area contributed by atoms with Crippen molar-refractivity contribution in [2.24, 2.45) is 0 Å². The average Bonchev–Trinajstić information content (AvgIpc) is 3.01. The average molecular weight is 317 g/mol. The van der Waals surface area contributed by atoms with Crippen molar-refractivity contribution in [1.82, 2.24) is 9.78 Å². The lowest BCUT2D eigenvalue weighted by Crippen LogP contribution is -2.24. The van der Waals surface area contributed by atoms with Crippen LogP contribution >= 0.6 is 0 Å². The number of aliphatic hydroxyl groups is 1. The number of nitrogens with zero attached hydrogens (tertiary/aromatic N) is 3. The zero-order valence-electron chi connectivity index (χ0n) is 12.7. The van der Waals surface area contributed by atoms with Crippen molar-refractivity contribution in [1.29, 1.82) is 0 Å². The molecule has 3 rings (SSSR count). The molecule has 0 bridgehead atoms. The van der Waals surface area contributed by atoms with E-state index in [1.54, 1.807) is 0 Å². The first-order valence-corrected chi connectivity index (χ1v) is 7.68. The van der Waals surface area contributed by atoms with Gasteiger partial charge in [-0.25, -0.2) is 0 Å². The molecule has 1 heterocycles. The number of hydrogen-bond donors (Lipinski definition) is 1. The Bertz CT molecular complexity index is 685. The minimum Gasteiger partial charge on any atom is -0.389 e. The Morgan fingerprint density at radius 1 is 1.48 bits per heavy atom. The van der Waals surface area contributed by atoms with E-state index in [2.05, 4.69) is 17.2 Å². The number of aryl methyl sites for hydroxylation is 1. The molecule has 1 aromatic heterocycles. The molecule has 2 aromatic rings. The quantitative estimate of drug-likeness (QED) is 0.652. The van der Waals surface area contributed by atoms with Gasteiger partial charge in [-0.3, -0.25) is 14.8 Å². The maximum Gasteiger partial charge on any atom is 0.306 e. The number of ether oxygens (including phenoxy) is 1. The molecule has 0 amide bonds. The van der Waals surface area contributed by atoms with Crippen molar-refractivity contribution in [3.63, 3.8) is 0 Å². The van der Waals surface area contributed by atoms with Crippen molar-refractivity contribution in [2.75, 3.05) is 6.61 Å². The molecule has 0 saturated carbocycles. The molecule has 0 fully saturated rings. The van der Waals surface area contributed by atoms with Crippen LogP contribution in [0.25, 0.3) is 0 Å². The fraction of sp³-hybridized carbons (Fsp3) is 0.438. The highest BCUT2D eigenvalue weighted by Gasteiger charge is 2.21. The SMILES string of the molecule is O=[N+]([O-])c1cnn(C[C@@H](O)CO[C@H]2CCCc3ccccc32)c1. The largest absolute Gasteiger partial charge is 0.389 e. The summed E-state index contributed by atoms with van der Waals surface area (Å²) in [6, 6.07) is 8.22. The first-order valence-electron chi connectivity index (χ1n) is 7.68. The smallest absolute Gasteiger partial charge is 0.306 e. The molecule has 0 aliphatic heterocycles. The van der Waals surface area contributed by atoms with Crippen molar-refractivity contribution in [2.45, 2.75) is 38.0 Å². The van der Waals surface area contributed by atoms with E-state index in [1.807, 2.05) is 12.1 Å². The maximum absolute atomic E-state index is 10.6. The van der Waals surface area contributed by atoms with Crippen LogP contribution in [0.5, 0.6) is 0 Å².